The van der Waals surface area contributed by atoms with Gasteiger partial charge in [0.2, 0.25) is 0 Å². The van der Waals surface area contributed by atoms with Crippen LogP contribution in [0.2, 0.25) is 0 Å². The molecule has 3 heteroatoms. The van der Waals surface area contributed by atoms with Gasteiger partial charge in [-0.2, -0.15) is 11.8 Å². The van der Waals surface area contributed by atoms with Crippen LogP contribution in [0, 0.1) is 0 Å². The molecule has 2 nitrogen and oxygen atoms in total. The van der Waals surface area contributed by atoms with Crippen molar-refractivity contribution in [3.63, 3.8) is 0 Å². The van der Waals surface area contributed by atoms with Crippen molar-refractivity contribution in [1.29, 1.82) is 0 Å². The van der Waals surface area contributed by atoms with E-state index in [2.05, 4.69) is 49.1 Å². The molecule has 0 radical (unpaired) electrons. The molecule has 1 unspecified atom stereocenters. The van der Waals surface area contributed by atoms with Crippen molar-refractivity contribution in [2.75, 3.05) is 11.5 Å². The summed E-state index contributed by atoms with van der Waals surface area (Å²) in [5, 5.41) is 3.54. The average molecular weight is 226 g/mol. The highest BCUT2D eigenvalue weighted by molar-refractivity contribution is 7.99. The minimum absolute atomic E-state index is 0.597. The van der Waals surface area contributed by atoms with E-state index in [1.165, 1.54) is 17.1 Å². The van der Waals surface area contributed by atoms with Gasteiger partial charge >= 0.3 is 0 Å². The van der Waals surface area contributed by atoms with Crippen LogP contribution >= 0.6 is 11.8 Å². The van der Waals surface area contributed by atoms with Gasteiger partial charge in [0.05, 0.1) is 0 Å². The number of rotatable bonds is 7. The molecule has 0 aliphatic carbocycles. The smallest absolute Gasteiger partial charge is 0.0223 e. The first kappa shape index (κ1) is 12.7. The lowest BCUT2D eigenvalue weighted by molar-refractivity contribution is 0.595. The van der Waals surface area contributed by atoms with Crippen LogP contribution in [-0.2, 0) is 13.1 Å². The first-order valence-corrected chi connectivity index (χ1v) is 6.87. The van der Waals surface area contributed by atoms with Crippen LogP contribution in [0.15, 0.2) is 18.5 Å². The largest absolute Gasteiger partial charge is 0.354 e. The van der Waals surface area contributed by atoms with Crippen LogP contribution < -0.4 is 5.32 Å². The highest BCUT2D eigenvalue weighted by Gasteiger charge is 2.01. The molecule has 0 saturated heterocycles. The Morgan fingerprint density at radius 1 is 1.47 bits per heavy atom. The Kier molecular flexibility index (Phi) is 5.88. The first-order chi connectivity index (χ1) is 7.26. The molecule has 1 aromatic heterocycles. The fourth-order valence-electron chi connectivity index (χ4n) is 1.44. The zero-order valence-electron chi connectivity index (χ0n) is 9.99. The second-order valence-electron chi connectivity index (χ2n) is 3.79. The zero-order valence-corrected chi connectivity index (χ0v) is 10.8. The molecule has 15 heavy (non-hydrogen) atoms. The van der Waals surface area contributed by atoms with Gasteiger partial charge in [0.25, 0.3) is 0 Å². The van der Waals surface area contributed by atoms with Crippen LogP contribution in [0.4, 0.5) is 0 Å². The molecule has 0 spiro atoms. The van der Waals surface area contributed by atoms with Crippen LogP contribution in [0.25, 0.3) is 0 Å². The third-order valence-corrected chi connectivity index (χ3v) is 3.55. The third-order valence-electron chi connectivity index (χ3n) is 2.40. The second-order valence-corrected chi connectivity index (χ2v) is 5.11. The molecule has 1 aromatic rings. The molecule has 1 heterocycles. The number of nitrogens with zero attached hydrogens (tertiary/aromatic N) is 1. The maximum atomic E-state index is 3.54. The summed E-state index contributed by atoms with van der Waals surface area (Å²) in [6.07, 6.45) is 4.36. The molecular weight excluding hydrogens is 204 g/mol. The molecule has 86 valence electrons. The molecular formula is C12H22N2S. The van der Waals surface area contributed by atoms with Gasteiger partial charge in [-0.25, -0.2) is 0 Å². The molecule has 0 aliphatic heterocycles. The molecule has 0 amide bonds. The van der Waals surface area contributed by atoms with Gasteiger partial charge in [-0.3, -0.25) is 0 Å². The Bertz CT molecular complexity index is 270. The molecule has 0 saturated carbocycles. The van der Waals surface area contributed by atoms with Crippen molar-refractivity contribution in [3.05, 3.63) is 24.0 Å². The predicted octanol–water partition coefficient (Wildman–Crippen LogP) is 2.74. The maximum Gasteiger partial charge on any atom is 0.0223 e. The summed E-state index contributed by atoms with van der Waals surface area (Å²) in [5.74, 6) is 2.41. The van der Waals surface area contributed by atoms with Crippen molar-refractivity contribution >= 4 is 11.8 Å². The third kappa shape index (κ3) is 4.76. The molecule has 0 aromatic carbocycles. The minimum atomic E-state index is 0.597. The van der Waals surface area contributed by atoms with E-state index in [1.807, 2.05) is 11.8 Å². The number of thioether (sulfide) groups is 1. The lowest BCUT2D eigenvalue weighted by Gasteiger charge is -2.11. The Morgan fingerprint density at radius 3 is 2.87 bits per heavy atom. The van der Waals surface area contributed by atoms with Crippen molar-refractivity contribution in [3.8, 4) is 0 Å². The molecule has 1 N–H and O–H groups in total. The molecule has 1 rings (SSSR count). The fraction of sp³-hybridized carbons (Fsp3) is 0.667. The molecule has 1 atom stereocenters. The van der Waals surface area contributed by atoms with Gasteiger partial charge in [-0.1, -0.05) is 6.92 Å². The second kappa shape index (κ2) is 6.96. The highest BCUT2D eigenvalue weighted by Crippen LogP contribution is 2.04. The number of aryl methyl sites for hydroxylation is 1. The van der Waals surface area contributed by atoms with E-state index in [-0.39, 0.29) is 0 Å². The SMILES string of the molecule is CCSCC(C)NCc1ccn(CC)c1. The van der Waals surface area contributed by atoms with E-state index >= 15 is 0 Å². The topological polar surface area (TPSA) is 17.0 Å². The number of hydrogen-bond donors (Lipinski definition) is 1. The maximum absolute atomic E-state index is 3.54. The van der Waals surface area contributed by atoms with Crippen molar-refractivity contribution in [2.24, 2.45) is 0 Å². The van der Waals surface area contributed by atoms with Crippen LogP contribution in [-0.4, -0.2) is 22.1 Å². The molecule has 0 bridgehead atoms. The van der Waals surface area contributed by atoms with E-state index in [0.717, 1.165) is 13.1 Å². The lowest BCUT2D eigenvalue weighted by atomic mass is 10.3. The molecule has 0 fully saturated rings. The first-order valence-electron chi connectivity index (χ1n) is 5.72. The van der Waals surface area contributed by atoms with Crippen LogP contribution in [0.3, 0.4) is 0 Å². The van der Waals surface area contributed by atoms with E-state index in [1.54, 1.807) is 0 Å². The Hall–Kier alpha value is -0.410. The standard InChI is InChI=1S/C12H22N2S/c1-4-14-7-6-12(9-14)8-13-11(3)10-15-5-2/h6-7,9,11,13H,4-5,8,10H2,1-3H3. The summed E-state index contributed by atoms with van der Waals surface area (Å²) in [4.78, 5) is 0. The van der Waals surface area contributed by atoms with E-state index < -0.39 is 0 Å². The number of nitrogens with one attached hydrogen (secondary N) is 1. The lowest BCUT2D eigenvalue weighted by Crippen LogP contribution is -2.27. The monoisotopic (exact) mass is 226 g/mol. The average Bonchev–Trinajstić information content (AvgIpc) is 2.71. The van der Waals surface area contributed by atoms with Crippen LogP contribution in [0.5, 0.6) is 0 Å². The summed E-state index contributed by atoms with van der Waals surface area (Å²) in [6.45, 7) is 8.66. The quantitative estimate of drug-likeness (QED) is 0.770. The normalized spacial score (nSPS) is 13.0. The van der Waals surface area contributed by atoms with Gasteiger partial charge < -0.3 is 9.88 Å². The summed E-state index contributed by atoms with van der Waals surface area (Å²) in [6, 6.07) is 2.79. The summed E-state index contributed by atoms with van der Waals surface area (Å²) in [7, 11) is 0. The van der Waals surface area contributed by atoms with Crippen molar-refractivity contribution < 1.29 is 0 Å². The van der Waals surface area contributed by atoms with Gasteiger partial charge in [0.15, 0.2) is 0 Å². The number of aromatic nitrogens is 1. The Labute approximate surface area is 97.4 Å². The van der Waals surface area contributed by atoms with Gasteiger partial charge in [-0.05, 0) is 31.2 Å². The van der Waals surface area contributed by atoms with E-state index in [4.69, 9.17) is 0 Å². The van der Waals surface area contributed by atoms with E-state index in [9.17, 15) is 0 Å². The van der Waals surface area contributed by atoms with Gasteiger partial charge in [0.1, 0.15) is 0 Å². The number of hydrogen-bond acceptors (Lipinski definition) is 2. The van der Waals surface area contributed by atoms with E-state index in [0.29, 0.717) is 6.04 Å². The van der Waals surface area contributed by atoms with Crippen molar-refractivity contribution in [2.45, 2.75) is 39.9 Å². The van der Waals surface area contributed by atoms with Crippen LogP contribution in [0.1, 0.15) is 26.3 Å². The summed E-state index contributed by atoms with van der Waals surface area (Å²) >= 11 is 1.99. The van der Waals surface area contributed by atoms with Gasteiger partial charge in [0, 0.05) is 37.3 Å². The fourth-order valence-corrected chi connectivity index (χ4v) is 2.14. The van der Waals surface area contributed by atoms with Gasteiger partial charge in [-0.15, -0.1) is 0 Å². The molecule has 0 aliphatic rings. The Morgan fingerprint density at radius 2 is 2.27 bits per heavy atom. The van der Waals surface area contributed by atoms with Crippen molar-refractivity contribution in [1.82, 2.24) is 9.88 Å². The summed E-state index contributed by atoms with van der Waals surface area (Å²) in [5.41, 5.74) is 1.38. The zero-order chi connectivity index (χ0) is 11.1. The highest BCUT2D eigenvalue weighted by atomic mass is 32.2. The predicted molar refractivity (Wildman–Crippen MR) is 69.4 cm³/mol. The summed E-state index contributed by atoms with van der Waals surface area (Å²) < 4.78 is 2.21. The Balaban J connectivity index is 2.24. The minimum Gasteiger partial charge on any atom is -0.354 e.